The molecule has 1 aromatic heterocycles. The second-order valence-electron chi connectivity index (χ2n) is 6.96. The molecule has 1 heterocycles. The Hall–Kier alpha value is -3.02. The Bertz CT molecular complexity index is 964. The van der Waals surface area contributed by atoms with Crippen molar-refractivity contribution in [3.8, 4) is 0 Å². The van der Waals surface area contributed by atoms with Gasteiger partial charge in [-0.05, 0) is 50.5 Å². The van der Waals surface area contributed by atoms with Gasteiger partial charge in [-0.1, -0.05) is 29.8 Å². The van der Waals surface area contributed by atoms with Gasteiger partial charge in [-0.15, -0.1) is 0 Å². The fourth-order valence-electron chi connectivity index (χ4n) is 2.99. The quantitative estimate of drug-likeness (QED) is 0.638. The van der Waals surface area contributed by atoms with Crippen LogP contribution in [0.3, 0.4) is 0 Å². The summed E-state index contributed by atoms with van der Waals surface area (Å²) in [5, 5.41) is 7.04. The van der Waals surface area contributed by atoms with Gasteiger partial charge in [0.25, 0.3) is 0 Å². The van der Waals surface area contributed by atoms with E-state index in [1.165, 1.54) is 15.8 Å². The zero-order chi connectivity index (χ0) is 20.1. The Morgan fingerprint density at radius 2 is 1.86 bits per heavy atom. The Kier molecular flexibility index (Phi) is 6.19. The summed E-state index contributed by atoms with van der Waals surface area (Å²) in [4.78, 5) is 12.3. The highest BCUT2D eigenvalue weighted by atomic mass is 19.1. The molecule has 0 bridgehead atoms. The zero-order valence-electron chi connectivity index (χ0n) is 16.0. The molecule has 0 aliphatic heterocycles. The van der Waals surface area contributed by atoms with Crippen LogP contribution >= 0.6 is 0 Å². The van der Waals surface area contributed by atoms with E-state index in [9.17, 15) is 13.6 Å². The third-order valence-electron chi connectivity index (χ3n) is 4.60. The zero-order valence-corrected chi connectivity index (χ0v) is 16.0. The van der Waals surface area contributed by atoms with Crippen molar-refractivity contribution >= 4 is 11.7 Å². The number of aromatic nitrogens is 2. The van der Waals surface area contributed by atoms with Crippen LogP contribution in [-0.4, -0.2) is 15.7 Å². The summed E-state index contributed by atoms with van der Waals surface area (Å²) in [6.07, 6.45) is 3.51. The highest BCUT2D eigenvalue weighted by Gasteiger charge is 2.13. The molecule has 28 heavy (non-hydrogen) atoms. The number of halogens is 2. The highest BCUT2D eigenvalue weighted by molar-refractivity contribution is 5.90. The first-order chi connectivity index (χ1) is 13.4. The molecule has 0 fully saturated rings. The third-order valence-corrected chi connectivity index (χ3v) is 4.60. The van der Waals surface area contributed by atoms with E-state index in [2.05, 4.69) is 34.7 Å². The van der Waals surface area contributed by atoms with E-state index in [0.717, 1.165) is 36.6 Å². The van der Waals surface area contributed by atoms with Crippen molar-refractivity contribution in [2.75, 3.05) is 5.32 Å². The normalized spacial score (nSPS) is 10.9. The van der Waals surface area contributed by atoms with Crippen LogP contribution < -0.4 is 5.32 Å². The molecule has 4 nitrogen and oxygen atoms in total. The fraction of sp³-hybridized carbons (Fsp3) is 0.273. The molecule has 0 radical (unpaired) electrons. The lowest BCUT2D eigenvalue weighted by Crippen LogP contribution is -2.17. The van der Waals surface area contributed by atoms with Gasteiger partial charge in [0.15, 0.2) is 0 Å². The van der Waals surface area contributed by atoms with Gasteiger partial charge in [-0.3, -0.25) is 4.79 Å². The van der Waals surface area contributed by atoms with Crippen molar-refractivity contribution in [3.05, 3.63) is 82.5 Å². The molecule has 1 amide bonds. The Morgan fingerprint density at radius 1 is 1.11 bits per heavy atom. The van der Waals surface area contributed by atoms with Gasteiger partial charge in [0.2, 0.25) is 5.91 Å². The van der Waals surface area contributed by atoms with Gasteiger partial charge in [0.1, 0.15) is 17.5 Å². The first-order valence-corrected chi connectivity index (χ1v) is 9.24. The monoisotopic (exact) mass is 383 g/mol. The predicted molar refractivity (Wildman–Crippen MR) is 105 cm³/mol. The lowest BCUT2D eigenvalue weighted by molar-refractivity contribution is -0.116. The molecule has 146 valence electrons. The van der Waals surface area contributed by atoms with Crippen molar-refractivity contribution in [1.29, 1.82) is 0 Å². The summed E-state index contributed by atoms with van der Waals surface area (Å²) in [5.74, 6) is -0.646. The van der Waals surface area contributed by atoms with Gasteiger partial charge >= 0.3 is 0 Å². The molecule has 0 atom stereocenters. The van der Waals surface area contributed by atoms with Crippen molar-refractivity contribution in [1.82, 2.24) is 9.78 Å². The molecule has 3 rings (SSSR count). The van der Waals surface area contributed by atoms with E-state index in [4.69, 9.17) is 0 Å². The SMILES string of the molecule is Cc1ccc(CCCC(=O)Nc2c(C)cnn2Cc2cc(F)ccc2F)cc1. The molecular formula is C22H23F2N3O. The predicted octanol–water partition coefficient (Wildman–Crippen LogP) is 4.79. The first kappa shape index (κ1) is 19.7. The van der Waals surface area contributed by atoms with Crippen LogP contribution in [-0.2, 0) is 17.8 Å². The van der Waals surface area contributed by atoms with E-state index < -0.39 is 11.6 Å². The van der Waals surface area contributed by atoms with Crippen LogP contribution in [0.4, 0.5) is 14.6 Å². The summed E-state index contributed by atoms with van der Waals surface area (Å²) >= 11 is 0. The summed E-state index contributed by atoms with van der Waals surface area (Å²) in [7, 11) is 0. The molecule has 0 saturated carbocycles. The summed E-state index contributed by atoms with van der Waals surface area (Å²) < 4.78 is 28.8. The summed E-state index contributed by atoms with van der Waals surface area (Å²) in [6, 6.07) is 11.6. The van der Waals surface area contributed by atoms with Crippen LogP contribution in [0.25, 0.3) is 0 Å². The molecule has 0 aliphatic rings. The number of aryl methyl sites for hydroxylation is 3. The summed E-state index contributed by atoms with van der Waals surface area (Å²) in [6.45, 7) is 3.89. The maximum atomic E-state index is 13.9. The minimum absolute atomic E-state index is 0.0381. The first-order valence-electron chi connectivity index (χ1n) is 9.24. The number of hydrogen-bond donors (Lipinski definition) is 1. The average Bonchev–Trinajstić information content (AvgIpc) is 3.00. The maximum absolute atomic E-state index is 13.9. The molecule has 3 aromatic rings. The number of benzene rings is 2. The van der Waals surface area contributed by atoms with E-state index >= 15 is 0 Å². The largest absolute Gasteiger partial charge is 0.311 e. The molecule has 0 spiro atoms. The van der Waals surface area contributed by atoms with Gasteiger partial charge in [-0.2, -0.15) is 5.10 Å². The molecule has 0 aliphatic carbocycles. The van der Waals surface area contributed by atoms with Crippen LogP contribution in [0.5, 0.6) is 0 Å². The Balaban J connectivity index is 1.60. The van der Waals surface area contributed by atoms with Crippen molar-refractivity contribution in [2.45, 2.75) is 39.7 Å². The number of carbonyl (C=O) groups excluding carboxylic acids is 1. The van der Waals surface area contributed by atoms with E-state index in [1.54, 1.807) is 6.20 Å². The number of carbonyl (C=O) groups is 1. The van der Waals surface area contributed by atoms with Gasteiger partial charge in [0.05, 0.1) is 12.7 Å². The number of rotatable bonds is 7. The maximum Gasteiger partial charge on any atom is 0.225 e. The Labute approximate surface area is 163 Å². The fourth-order valence-corrected chi connectivity index (χ4v) is 2.99. The molecule has 6 heteroatoms. The number of nitrogens with one attached hydrogen (secondary N) is 1. The number of nitrogens with zero attached hydrogens (tertiary/aromatic N) is 2. The van der Waals surface area contributed by atoms with Crippen LogP contribution in [0.15, 0.2) is 48.7 Å². The van der Waals surface area contributed by atoms with E-state index in [-0.39, 0.29) is 18.0 Å². The highest BCUT2D eigenvalue weighted by Crippen LogP contribution is 2.19. The Morgan fingerprint density at radius 3 is 2.61 bits per heavy atom. The average molecular weight is 383 g/mol. The summed E-state index contributed by atoms with van der Waals surface area (Å²) in [5.41, 5.74) is 3.35. The molecule has 0 saturated heterocycles. The van der Waals surface area contributed by atoms with Gasteiger partial charge < -0.3 is 5.32 Å². The van der Waals surface area contributed by atoms with Gasteiger partial charge in [-0.25, -0.2) is 13.5 Å². The van der Waals surface area contributed by atoms with E-state index in [0.29, 0.717) is 12.2 Å². The topological polar surface area (TPSA) is 46.9 Å². The molecule has 2 aromatic carbocycles. The third kappa shape index (κ3) is 5.03. The number of anilines is 1. The van der Waals surface area contributed by atoms with E-state index in [1.807, 2.05) is 13.8 Å². The minimum atomic E-state index is -0.512. The standard InChI is InChI=1S/C22H23F2N3O/c1-15-6-8-17(9-7-15)4-3-5-21(28)26-22-16(2)13-25-27(22)14-18-12-19(23)10-11-20(18)24/h6-13H,3-5,14H2,1-2H3,(H,26,28). The van der Waals surface area contributed by atoms with Crippen LogP contribution in [0.1, 0.15) is 35.1 Å². The molecule has 1 N–H and O–H groups in total. The molecular weight excluding hydrogens is 360 g/mol. The van der Waals surface area contributed by atoms with Crippen molar-refractivity contribution in [2.24, 2.45) is 0 Å². The number of hydrogen-bond acceptors (Lipinski definition) is 2. The minimum Gasteiger partial charge on any atom is -0.311 e. The van der Waals surface area contributed by atoms with Crippen molar-refractivity contribution in [3.63, 3.8) is 0 Å². The van der Waals surface area contributed by atoms with Crippen molar-refractivity contribution < 1.29 is 13.6 Å². The molecule has 0 unspecified atom stereocenters. The number of amides is 1. The van der Waals surface area contributed by atoms with Crippen LogP contribution in [0.2, 0.25) is 0 Å². The van der Waals surface area contributed by atoms with Crippen LogP contribution in [0, 0.1) is 25.5 Å². The second-order valence-corrected chi connectivity index (χ2v) is 6.96. The smallest absolute Gasteiger partial charge is 0.225 e. The lowest BCUT2D eigenvalue weighted by atomic mass is 10.1. The van der Waals surface area contributed by atoms with Gasteiger partial charge in [0, 0.05) is 17.5 Å². The second kappa shape index (κ2) is 8.78. The lowest BCUT2D eigenvalue weighted by Gasteiger charge is -2.11.